The number of likely N-dealkylation sites (tertiary alicyclic amines) is 2. The minimum absolute atomic E-state index is 0.00488. The maximum Gasteiger partial charge on any atom is 0.223 e. The van der Waals surface area contributed by atoms with E-state index in [1.807, 2.05) is 0 Å². The molecule has 0 spiro atoms. The summed E-state index contributed by atoms with van der Waals surface area (Å²) < 4.78 is 40.8. The van der Waals surface area contributed by atoms with Crippen LogP contribution in [0.25, 0.3) is 12.2 Å². The summed E-state index contributed by atoms with van der Waals surface area (Å²) in [6, 6.07) is 7.75. The minimum atomic E-state index is -1.04. The second kappa shape index (κ2) is 10.9. The van der Waals surface area contributed by atoms with E-state index >= 15 is 0 Å². The van der Waals surface area contributed by atoms with Crippen molar-refractivity contribution < 1.29 is 27.6 Å². The summed E-state index contributed by atoms with van der Waals surface area (Å²) in [4.78, 5) is 41.9. The Morgan fingerprint density at radius 3 is 1.86 bits per heavy atom. The molecule has 5 nitrogen and oxygen atoms in total. The summed E-state index contributed by atoms with van der Waals surface area (Å²) in [6.45, 7) is 3.03. The van der Waals surface area contributed by atoms with Gasteiger partial charge in [0.05, 0.1) is 0 Å². The Morgan fingerprint density at radius 1 is 0.778 bits per heavy atom. The SMILES string of the molecule is Cc1cc(/C=C2\CN(C(=O)CCC(=O)N3CCCC3)C/C(=C\c3ccc(F)c(F)c3)C2=O)ccc1F. The first kappa shape index (κ1) is 25.4. The lowest BCUT2D eigenvalue weighted by Gasteiger charge is -2.30. The number of hydrogen-bond donors (Lipinski definition) is 0. The number of piperidine rings is 1. The number of aryl methyl sites for hydroxylation is 1. The lowest BCUT2D eigenvalue weighted by molar-refractivity contribution is -0.136. The van der Waals surface area contributed by atoms with Crippen molar-refractivity contribution in [2.45, 2.75) is 32.6 Å². The van der Waals surface area contributed by atoms with Crippen LogP contribution in [0.5, 0.6) is 0 Å². The monoisotopic (exact) mass is 496 g/mol. The fourth-order valence-electron chi connectivity index (χ4n) is 4.47. The number of Topliss-reactive ketones (excluding diaryl/α,β-unsaturated/α-hetero) is 1. The molecule has 2 fully saturated rings. The van der Waals surface area contributed by atoms with E-state index in [9.17, 15) is 27.6 Å². The van der Waals surface area contributed by atoms with Crippen LogP contribution in [0.4, 0.5) is 13.2 Å². The average Bonchev–Trinajstić information content (AvgIpc) is 3.39. The van der Waals surface area contributed by atoms with Crippen molar-refractivity contribution in [1.29, 1.82) is 0 Å². The van der Waals surface area contributed by atoms with Crippen LogP contribution in [-0.2, 0) is 14.4 Å². The zero-order valence-electron chi connectivity index (χ0n) is 20.0. The second-order valence-electron chi connectivity index (χ2n) is 9.19. The molecule has 36 heavy (non-hydrogen) atoms. The fraction of sp³-hybridized carbons (Fsp3) is 0.321. The van der Waals surface area contributed by atoms with Crippen molar-refractivity contribution in [2.75, 3.05) is 26.2 Å². The standard InChI is InChI=1S/C28H27F3N2O3/c1-18-12-19(4-6-23(18)29)13-21-16-33(27(35)9-8-26(34)32-10-2-3-11-32)17-22(28(21)36)14-20-5-7-24(30)25(31)15-20/h4-7,12-15H,2-3,8-11,16-17H2,1H3/b21-13+,22-14+. The normalized spacial score (nSPS) is 18.4. The molecule has 0 bridgehead atoms. The third kappa shape index (κ3) is 5.93. The third-order valence-electron chi connectivity index (χ3n) is 6.48. The summed E-state index contributed by atoms with van der Waals surface area (Å²) in [5.74, 6) is -3.10. The Morgan fingerprint density at radius 2 is 1.31 bits per heavy atom. The summed E-state index contributed by atoms with van der Waals surface area (Å²) in [5, 5.41) is 0. The molecular formula is C28H27F3N2O3. The first-order valence-electron chi connectivity index (χ1n) is 11.9. The Hall–Kier alpha value is -3.68. The molecule has 0 saturated carbocycles. The second-order valence-corrected chi connectivity index (χ2v) is 9.19. The van der Waals surface area contributed by atoms with Crippen LogP contribution in [0.3, 0.4) is 0 Å². The highest BCUT2D eigenvalue weighted by molar-refractivity contribution is 6.15. The highest BCUT2D eigenvalue weighted by Crippen LogP contribution is 2.24. The van der Waals surface area contributed by atoms with Gasteiger partial charge in [-0.05, 0) is 72.9 Å². The number of halogens is 3. The van der Waals surface area contributed by atoms with Crippen LogP contribution < -0.4 is 0 Å². The largest absolute Gasteiger partial charge is 0.343 e. The molecule has 0 radical (unpaired) electrons. The van der Waals surface area contributed by atoms with Gasteiger partial charge in [-0.1, -0.05) is 12.1 Å². The molecule has 2 aliphatic rings. The molecule has 2 aromatic carbocycles. The number of ketones is 1. The van der Waals surface area contributed by atoms with Crippen LogP contribution in [0.1, 0.15) is 42.4 Å². The predicted octanol–water partition coefficient (Wildman–Crippen LogP) is 4.69. The number of hydrogen-bond acceptors (Lipinski definition) is 3. The van der Waals surface area contributed by atoms with E-state index in [4.69, 9.17) is 0 Å². The number of carbonyl (C=O) groups is 3. The van der Waals surface area contributed by atoms with Gasteiger partial charge in [-0.15, -0.1) is 0 Å². The van der Waals surface area contributed by atoms with Gasteiger partial charge in [-0.3, -0.25) is 14.4 Å². The Labute approximate surface area is 207 Å². The van der Waals surface area contributed by atoms with Crippen LogP contribution >= 0.6 is 0 Å². The smallest absolute Gasteiger partial charge is 0.223 e. The summed E-state index contributed by atoms with van der Waals surface area (Å²) in [5.41, 5.74) is 1.84. The summed E-state index contributed by atoms with van der Waals surface area (Å²) in [7, 11) is 0. The zero-order chi connectivity index (χ0) is 25.8. The van der Waals surface area contributed by atoms with Crippen molar-refractivity contribution in [3.05, 3.63) is 81.7 Å². The molecule has 0 unspecified atom stereocenters. The molecule has 8 heteroatoms. The topological polar surface area (TPSA) is 57.7 Å². The van der Waals surface area contributed by atoms with Crippen molar-refractivity contribution in [3.63, 3.8) is 0 Å². The van der Waals surface area contributed by atoms with Crippen LogP contribution in [0, 0.1) is 24.4 Å². The number of nitrogens with zero attached hydrogens (tertiary/aromatic N) is 2. The van der Waals surface area contributed by atoms with Crippen LogP contribution in [0.15, 0.2) is 47.5 Å². The molecule has 2 amide bonds. The molecule has 2 aromatic rings. The van der Waals surface area contributed by atoms with Gasteiger partial charge in [0.25, 0.3) is 0 Å². The molecule has 2 aliphatic heterocycles. The quantitative estimate of drug-likeness (QED) is 0.565. The van der Waals surface area contributed by atoms with E-state index < -0.39 is 11.6 Å². The average molecular weight is 497 g/mol. The molecule has 0 atom stereocenters. The molecule has 0 aromatic heterocycles. The molecular weight excluding hydrogens is 469 g/mol. The number of amides is 2. The van der Waals surface area contributed by atoms with Crippen molar-refractivity contribution >= 4 is 29.7 Å². The maximum atomic E-state index is 13.7. The van der Waals surface area contributed by atoms with Crippen molar-refractivity contribution in [3.8, 4) is 0 Å². The van der Waals surface area contributed by atoms with Gasteiger partial charge in [-0.25, -0.2) is 13.2 Å². The van der Waals surface area contributed by atoms with Gasteiger partial charge in [0.2, 0.25) is 11.8 Å². The lowest BCUT2D eigenvalue weighted by Crippen LogP contribution is -2.42. The van der Waals surface area contributed by atoms with E-state index in [2.05, 4.69) is 0 Å². The maximum absolute atomic E-state index is 13.7. The van der Waals surface area contributed by atoms with E-state index in [0.717, 1.165) is 25.0 Å². The molecule has 0 aliphatic carbocycles. The van der Waals surface area contributed by atoms with Crippen LogP contribution in [0.2, 0.25) is 0 Å². The number of benzene rings is 2. The number of carbonyl (C=O) groups excluding carboxylic acids is 3. The van der Waals surface area contributed by atoms with E-state index in [0.29, 0.717) is 29.8 Å². The lowest BCUT2D eigenvalue weighted by atomic mass is 9.93. The zero-order valence-corrected chi connectivity index (χ0v) is 20.0. The van der Waals surface area contributed by atoms with E-state index in [1.54, 1.807) is 24.0 Å². The molecule has 2 saturated heterocycles. The predicted molar refractivity (Wildman–Crippen MR) is 130 cm³/mol. The molecule has 0 N–H and O–H groups in total. The van der Waals surface area contributed by atoms with Gasteiger partial charge in [0.1, 0.15) is 5.82 Å². The van der Waals surface area contributed by atoms with Gasteiger partial charge in [-0.2, -0.15) is 0 Å². The third-order valence-corrected chi connectivity index (χ3v) is 6.48. The summed E-state index contributed by atoms with van der Waals surface area (Å²) >= 11 is 0. The fourth-order valence-corrected chi connectivity index (χ4v) is 4.47. The van der Waals surface area contributed by atoms with E-state index in [1.165, 1.54) is 29.2 Å². The molecule has 188 valence electrons. The Bertz CT molecular complexity index is 1190. The highest BCUT2D eigenvalue weighted by atomic mass is 19.2. The Balaban J connectivity index is 1.60. The van der Waals surface area contributed by atoms with Gasteiger partial charge in [0, 0.05) is 50.2 Å². The highest BCUT2D eigenvalue weighted by Gasteiger charge is 2.30. The number of rotatable bonds is 5. The van der Waals surface area contributed by atoms with Gasteiger partial charge < -0.3 is 9.80 Å². The van der Waals surface area contributed by atoms with Crippen molar-refractivity contribution in [1.82, 2.24) is 9.80 Å². The van der Waals surface area contributed by atoms with Gasteiger partial charge in [0.15, 0.2) is 17.4 Å². The minimum Gasteiger partial charge on any atom is -0.343 e. The van der Waals surface area contributed by atoms with Crippen LogP contribution in [-0.4, -0.2) is 53.6 Å². The molecule has 4 rings (SSSR count). The summed E-state index contributed by atoms with van der Waals surface area (Å²) in [6.07, 6.45) is 5.05. The van der Waals surface area contributed by atoms with E-state index in [-0.39, 0.29) is 60.5 Å². The first-order chi connectivity index (χ1) is 17.2. The van der Waals surface area contributed by atoms with Crippen molar-refractivity contribution in [2.24, 2.45) is 0 Å². The first-order valence-corrected chi connectivity index (χ1v) is 11.9. The van der Waals surface area contributed by atoms with Gasteiger partial charge >= 0.3 is 0 Å². The molecule has 2 heterocycles. The Kier molecular flexibility index (Phi) is 7.72.